The predicted molar refractivity (Wildman–Crippen MR) is 77.9 cm³/mol. The molecule has 1 rings (SSSR count). The normalized spacial score (nSPS) is 9.84. The maximum Gasteiger partial charge on any atom is 0.261 e. The zero-order valence-corrected chi connectivity index (χ0v) is 12.1. The number of carbonyl (C=O) groups excluding carboxylic acids is 1. The van der Waals surface area contributed by atoms with Gasteiger partial charge < -0.3 is 20.1 Å². The molecule has 2 N–H and O–H groups in total. The maximum atomic E-state index is 12.5. The number of ether oxygens (including phenoxy) is 2. The molecule has 0 spiro atoms. The monoisotopic (exact) mass is 282 g/mol. The molecule has 5 nitrogen and oxygen atoms in total. The van der Waals surface area contributed by atoms with Crippen molar-refractivity contribution in [2.75, 3.05) is 27.3 Å². The largest absolute Gasteiger partial charge is 0.496 e. The summed E-state index contributed by atoms with van der Waals surface area (Å²) in [5.41, 5.74) is 5.88. The lowest BCUT2D eigenvalue weighted by Gasteiger charge is -2.22. The summed E-state index contributed by atoms with van der Waals surface area (Å²) < 4.78 is 10.4. The van der Waals surface area contributed by atoms with Crippen LogP contribution >= 0.6 is 12.2 Å². The molecule has 0 aromatic heterocycles. The Morgan fingerprint density at radius 1 is 1.32 bits per heavy atom. The number of rotatable bonds is 6. The fourth-order valence-corrected chi connectivity index (χ4v) is 1.89. The summed E-state index contributed by atoms with van der Waals surface area (Å²) in [5, 5.41) is 0. The van der Waals surface area contributed by atoms with Crippen LogP contribution in [0, 0.1) is 0 Å². The molecule has 0 aliphatic carbocycles. The first-order valence-corrected chi connectivity index (χ1v) is 6.24. The lowest BCUT2D eigenvalue weighted by Crippen LogP contribution is -2.37. The average molecular weight is 282 g/mol. The Balaban J connectivity index is 3.19. The second-order valence-electron chi connectivity index (χ2n) is 3.82. The van der Waals surface area contributed by atoms with Crippen LogP contribution in [0.1, 0.15) is 17.3 Å². The molecule has 6 heteroatoms. The SMILES string of the molecule is CCN(CC(N)=S)C(=O)c1c(OC)cccc1OC. The van der Waals surface area contributed by atoms with Crippen molar-refractivity contribution in [2.24, 2.45) is 5.73 Å². The highest BCUT2D eigenvalue weighted by atomic mass is 32.1. The smallest absolute Gasteiger partial charge is 0.261 e. The number of amides is 1. The molecule has 0 unspecified atom stereocenters. The number of hydrogen-bond donors (Lipinski definition) is 1. The summed E-state index contributed by atoms with van der Waals surface area (Å²) in [7, 11) is 3.02. The lowest BCUT2D eigenvalue weighted by atomic mass is 10.1. The van der Waals surface area contributed by atoms with Gasteiger partial charge in [-0.15, -0.1) is 0 Å². The third-order valence-electron chi connectivity index (χ3n) is 2.66. The third-order valence-corrected chi connectivity index (χ3v) is 2.79. The molecule has 19 heavy (non-hydrogen) atoms. The number of likely N-dealkylation sites (N-methyl/N-ethyl adjacent to an activating group) is 1. The van der Waals surface area contributed by atoms with Crippen molar-refractivity contribution in [2.45, 2.75) is 6.92 Å². The van der Waals surface area contributed by atoms with Crippen LogP contribution in [-0.2, 0) is 0 Å². The van der Waals surface area contributed by atoms with E-state index in [1.54, 1.807) is 23.1 Å². The number of hydrogen-bond acceptors (Lipinski definition) is 4. The maximum absolute atomic E-state index is 12.5. The van der Waals surface area contributed by atoms with Crippen LogP contribution in [0.25, 0.3) is 0 Å². The highest BCUT2D eigenvalue weighted by Gasteiger charge is 2.23. The van der Waals surface area contributed by atoms with Crippen LogP contribution in [-0.4, -0.2) is 43.1 Å². The van der Waals surface area contributed by atoms with Crippen molar-refractivity contribution in [3.63, 3.8) is 0 Å². The average Bonchev–Trinajstić information content (AvgIpc) is 2.42. The molecule has 1 aromatic rings. The highest BCUT2D eigenvalue weighted by Crippen LogP contribution is 2.29. The minimum Gasteiger partial charge on any atom is -0.496 e. The van der Waals surface area contributed by atoms with Gasteiger partial charge in [-0.2, -0.15) is 0 Å². The van der Waals surface area contributed by atoms with Gasteiger partial charge in [-0.1, -0.05) is 18.3 Å². The minimum absolute atomic E-state index is 0.218. The first-order valence-electron chi connectivity index (χ1n) is 5.83. The van der Waals surface area contributed by atoms with Crippen LogP contribution < -0.4 is 15.2 Å². The van der Waals surface area contributed by atoms with Crippen molar-refractivity contribution in [3.05, 3.63) is 23.8 Å². The van der Waals surface area contributed by atoms with Gasteiger partial charge in [0.25, 0.3) is 5.91 Å². The molecule has 0 aliphatic heterocycles. The summed E-state index contributed by atoms with van der Waals surface area (Å²) in [4.78, 5) is 14.3. The van der Waals surface area contributed by atoms with E-state index < -0.39 is 0 Å². The second-order valence-corrected chi connectivity index (χ2v) is 4.35. The van der Waals surface area contributed by atoms with Crippen molar-refractivity contribution < 1.29 is 14.3 Å². The Hall–Kier alpha value is -1.82. The summed E-state index contributed by atoms with van der Waals surface area (Å²) in [6, 6.07) is 5.19. The van der Waals surface area contributed by atoms with Gasteiger partial charge in [0.2, 0.25) is 0 Å². The summed E-state index contributed by atoms with van der Waals surface area (Å²) in [6.45, 7) is 2.58. The second kappa shape index (κ2) is 6.94. The standard InChI is InChI=1S/C13H18N2O3S/c1-4-15(8-11(14)19)13(16)12-9(17-2)6-5-7-10(12)18-3/h5-7H,4,8H2,1-3H3,(H2,14,19). The lowest BCUT2D eigenvalue weighted by molar-refractivity contribution is 0.0781. The highest BCUT2D eigenvalue weighted by molar-refractivity contribution is 7.80. The molecule has 0 atom stereocenters. The van der Waals surface area contributed by atoms with E-state index in [1.165, 1.54) is 14.2 Å². The zero-order valence-electron chi connectivity index (χ0n) is 11.3. The van der Waals surface area contributed by atoms with Crippen molar-refractivity contribution in [1.82, 2.24) is 4.90 Å². The molecule has 1 aromatic carbocycles. The molecule has 0 fully saturated rings. The summed E-state index contributed by atoms with van der Waals surface area (Å²) >= 11 is 4.85. The van der Waals surface area contributed by atoms with Crippen molar-refractivity contribution in [3.8, 4) is 11.5 Å². The molecular formula is C13H18N2O3S. The van der Waals surface area contributed by atoms with E-state index in [4.69, 9.17) is 27.4 Å². The molecule has 0 bridgehead atoms. The Morgan fingerprint density at radius 2 is 1.84 bits per heavy atom. The molecule has 0 radical (unpaired) electrons. The fourth-order valence-electron chi connectivity index (χ4n) is 1.74. The topological polar surface area (TPSA) is 64.8 Å². The van der Waals surface area contributed by atoms with Gasteiger partial charge in [0.15, 0.2) is 0 Å². The van der Waals surface area contributed by atoms with Gasteiger partial charge in [-0.05, 0) is 19.1 Å². The van der Waals surface area contributed by atoms with Crippen molar-refractivity contribution in [1.29, 1.82) is 0 Å². The number of nitrogens with zero attached hydrogens (tertiary/aromatic N) is 1. The minimum atomic E-state index is -0.218. The first-order chi connectivity index (χ1) is 9.04. The van der Waals surface area contributed by atoms with Gasteiger partial charge in [0.1, 0.15) is 17.1 Å². The quantitative estimate of drug-likeness (QED) is 0.800. The van der Waals surface area contributed by atoms with E-state index in [0.717, 1.165) is 0 Å². The Morgan fingerprint density at radius 3 is 2.21 bits per heavy atom. The molecule has 0 aliphatic rings. The molecule has 0 saturated carbocycles. The molecule has 104 valence electrons. The Kier molecular flexibility index (Phi) is 5.57. The van der Waals surface area contributed by atoms with Gasteiger partial charge in [-0.3, -0.25) is 4.79 Å². The third kappa shape index (κ3) is 3.57. The number of methoxy groups -OCH3 is 2. The number of thiocarbonyl (C=S) groups is 1. The molecule has 0 heterocycles. The molecule has 1 amide bonds. The van der Waals surface area contributed by atoms with Gasteiger partial charge >= 0.3 is 0 Å². The van der Waals surface area contributed by atoms with Crippen LogP contribution in [0.5, 0.6) is 11.5 Å². The van der Waals surface area contributed by atoms with E-state index >= 15 is 0 Å². The van der Waals surface area contributed by atoms with E-state index in [2.05, 4.69) is 0 Å². The van der Waals surface area contributed by atoms with Crippen molar-refractivity contribution >= 4 is 23.1 Å². The van der Waals surface area contributed by atoms with E-state index in [-0.39, 0.29) is 17.4 Å². The van der Waals surface area contributed by atoms with E-state index in [1.807, 2.05) is 6.92 Å². The summed E-state index contributed by atoms with van der Waals surface area (Å²) in [6.07, 6.45) is 0. The van der Waals surface area contributed by atoms with E-state index in [0.29, 0.717) is 23.6 Å². The fraction of sp³-hybridized carbons (Fsp3) is 0.385. The molecule has 0 saturated heterocycles. The van der Waals surface area contributed by atoms with Gasteiger partial charge in [0.05, 0.1) is 25.8 Å². The predicted octanol–water partition coefficient (Wildman–Crippen LogP) is 1.45. The number of nitrogens with two attached hydrogens (primary N) is 1. The Labute approximate surface area is 118 Å². The Bertz CT molecular complexity index is 455. The van der Waals surface area contributed by atoms with Crippen LogP contribution in [0.3, 0.4) is 0 Å². The van der Waals surface area contributed by atoms with E-state index in [9.17, 15) is 4.79 Å². The number of benzene rings is 1. The van der Waals surface area contributed by atoms with Gasteiger partial charge in [0, 0.05) is 6.54 Å². The number of carbonyl (C=O) groups is 1. The van der Waals surface area contributed by atoms with Gasteiger partial charge in [-0.25, -0.2) is 0 Å². The molecular weight excluding hydrogens is 264 g/mol. The summed E-state index contributed by atoms with van der Waals surface area (Å²) in [5.74, 6) is 0.709. The first kappa shape index (κ1) is 15.2. The van der Waals surface area contributed by atoms with Crippen LogP contribution in [0.2, 0.25) is 0 Å². The zero-order chi connectivity index (χ0) is 14.4. The van der Waals surface area contributed by atoms with Crippen LogP contribution in [0.15, 0.2) is 18.2 Å². The van der Waals surface area contributed by atoms with Crippen LogP contribution in [0.4, 0.5) is 0 Å².